The molecule has 1 fully saturated rings. The molecule has 0 aliphatic carbocycles. The minimum absolute atomic E-state index is 0.322. The van der Waals surface area contributed by atoms with E-state index in [4.69, 9.17) is 11.2 Å². The van der Waals surface area contributed by atoms with Gasteiger partial charge in [-0.25, -0.2) is 0 Å². The largest absolute Gasteiger partial charge is 0.374 e. The summed E-state index contributed by atoms with van der Waals surface area (Å²) in [6.45, 7) is 9.57. The smallest absolute Gasteiger partial charge is 0.0855 e. The third kappa shape index (κ3) is 5.39. The van der Waals surface area contributed by atoms with Gasteiger partial charge in [-0.3, -0.25) is 4.90 Å². The average molecular weight is 252 g/mol. The van der Waals surface area contributed by atoms with E-state index in [1.54, 1.807) is 0 Å². The van der Waals surface area contributed by atoms with Crippen LogP contribution in [0.1, 0.15) is 39.5 Å². The number of terminal acetylenes is 1. The van der Waals surface area contributed by atoms with Gasteiger partial charge < -0.3 is 10.1 Å². The number of ether oxygens (including phenoxy) is 1. The van der Waals surface area contributed by atoms with E-state index in [0.717, 1.165) is 58.5 Å². The van der Waals surface area contributed by atoms with Gasteiger partial charge in [0.05, 0.1) is 12.7 Å². The average Bonchev–Trinajstić information content (AvgIpc) is 2.42. The van der Waals surface area contributed by atoms with Crippen LogP contribution in [0, 0.1) is 12.3 Å². The molecule has 104 valence electrons. The van der Waals surface area contributed by atoms with Crippen LogP contribution in [-0.4, -0.2) is 49.8 Å². The normalized spacial score (nSPS) is 22.6. The fourth-order valence-electron chi connectivity index (χ4n) is 2.44. The number of hydrogen-bond acceptors (Lipinski definition) is 3. The first kappa shape index (κ1) is 15.5. The van der Waals surface area contributed by atoms with Gasteiger partial charge in [-0.15, -0.1) is 12.3 Å². The van der Waals surface area contributed by atoms with Crippen LogP contribution in [0.15, 0.2) is 0 Å². The van der Waals surface area contributed by atoms with E-state index in [-0.39, 0.29) is 0 Å². The van der Waals surface area contributed by atoms with E-state index in [0.29, 0.717) is 12.1 Å². The molecule has 0 aromatic carbocycles. The standard InChI is InChI=1S/C15H28N2O/c1-4-7-8-9-14(16-10-5-2)15-13-17(6-3)11-12-18-15/h1,14-16H,5-13H2,2-3H3. The lowest BCUT2D eigenvalue weighted by atomic mass is 10.0. The Balaban J connectivity index is 2.43. The van der Waals surface area contributed by atoms with E-state index in [2.05, 4.69) is 30.0 Å². The Labute approximate surface area is 112 Å². The minimum Gasteiger partial charge on any atom is -0.374 e. The van der Waals surface area contributed by atoms with Crippen molar-refractivity contribution in [2.24, 2.45) is 0 Å². The van der Waals surface area contributed by atoms with Crippen LogP contribution in [0.4, 0.5) is 0 Å². The molecule has 18 heavy (non-hydrogen) atoms. The zero-order valence-corrected chi connectivity index (χ0v) is 12.0. The van der Waals surface area contributed by atoms with Crippen molar-refractivity contribution < 1.29 is 4.74 Å². The molecule has 0 radical (unpaired) electrons. The van der Waals surface area contributed by atoms with Gasteiger partial charge in [0.15, 0.2) is 0 Å². The van der Waals surface area contributed by atoms with Crippen LogP contribution in [0.3, 0.4) is 0 Å². The Morgan fingerprint density at radius 2 is 2.33 bits per heavy atom. The molecule has 0 aromatic heterocycles. The topological polar surface area (TPSA) is 24.5 Å². The Kier molecular flexibility index (Phi) is 8.08. The van der Waals surface area contributed by atoms with Crippen LogP contribution in [0.2, 0.25) is 0 Å². The second kappa shape index (κ2) is 9.38. The molecule has 3 heteroatoms. The molecule has 1 rings (SSSR count). The van der Waals surface area contributed by atoms with Crippen molar-refractivity contribution >= 4 is 0 Å². The molecular weight excluding hydrogens is 224 g/mol. The first-order chi connectivity index (χ1) is 8.81. The third-order valence-electron chi connectivity index (χ3n) is 3.57. The highest BCUT2D eigenvalue weighted by molar-refractivity contribution is 4.87. The van der Waals surface area contributed by atoms with E-state index >= 15 is 0 Å². The fourth-order valence-corrected chi connectivity index (χ4v) is 2.44. The molecule has 2 unspecified atom stereocenters. The van der Waals surface area contributed by atoms with E-state index in [9.17, 15) is 0 Å². The van der Waals surface area contributed by atoms with E-state index in [1.807, 2.05) is 0 Å². The second-order valence-corrected chi connectivity index (χ2v) is 4.96. The molecule has 1 N–H and O–H groups in total. The van der Waals surface area contributed by atoms with Crippen LogP contribution in [0.25, 0.3) is 0 Å². The predicted octanol–water partition coefficient (Wildman–Crippen LogP) is 1.88. The number of rotatable bonds is 8. The molecule has 0 saturated carbocycles. The summed E-state index contributed by atoms with van der Waals surface area (Å²) in [6.07, 6.45) is 9.89. The van der Waals surface area contributed by atoms with Gasteiger partial charge in [0, 0.05) is 25.6 Å². The quantitative estimate of drug-likeness (QED) is 0.527. The maximum absolute atomic E-state index is 5.94. The number of nitrogens with zero attached hydrogens (tertiary/aromatic N) is 1. The van der Waals surface area contributed by atoms with Crippen LogP contribution in [-0.2, 0) is 4.74 Å². The summed E-state index contributed by atoms with van der Waals surface area (Å²) in [6, 6.07) is 0.452. The van der Waals surface area contributed by atoms with Crippen LogP contribution >= 0.6 is 0 Å². The van der Waals surface area contributed by atoms with Crippen molar-refractivity contribution in [3.63, 3.8) is 0 Å². The highest BCUT2D eigenvalue weighted by atomic mass is 16.5. The second-order valence-electron chi connectivity index (χ2n) is 4.96. The van der Waals surface area contributed by atoms with Crippen molar-refractivity contribution in [2.75, 3.05) is 32.8 Å². The van der Waals surface area contributed by atoms with Gasteiger partial charge in [0.25, 0.3) is 0 Å². The monoisotopic (exact) mass is 252 g/mol. The molecule has 1 heterocycles. The van der Waals surface area contributed by atoms with Crippen LogP contribution in [0.5, 0.6) is 0 Å². The summed E-state index contributed by atoms with van der Waals surface area (Å²) >= 11 is 0. The summed E-state index contributed by atoms with van der Waals surface area (Å²) in [4.78, 5) is 2.47. The van der Waals surface area contributed by atoms with Gasteiger partial charge in [-0.1, -0.05) is 13.8 Å². The Morgan fingerprint density at radius 1 is 1.50 bits per heavy atom. The molecule has 1 saturated heterocycles. The minimum atomic E-state index is 0.322. The zero-order chi connectivity index (χ0) is 13.2. The number of likely N-dealkylation sites (N-methyl/N-ethyl adjacent to an activating group) is 1. The first-order valence-corrected chi connectivity index (χ1v) is 7.32. The predicted molar refractivity (Wildman–Crippen MR) is 76.6 cm³/mol. The summed E-state index contributed by atoms with van der Waals surface area (Å²) in [5.41, 5.74) is 0. The van der Waals surface area contributed by atoms with Gasteiger partial charge in [-0.2, -0.15) is 0 Å². The maximum atomic E-state index is 5.94. The van der Waals surface area contributed by atoms with Crippen molar-refractivity contribution in [3.8, 4) is 12.3 Å². The number of hydrogen-bond donors (Lipinski definition) is 1. The summed E-state index contributed by atoms with van der Waals surface area (Å²) in [7, 11) is 0. The number of nitrogens with one attached hydrogen (secondary N) is 1. The van der Waals surface area contributed by atoms with Gasteiger partial charge in [-0.05, 0) is 32.4 Å². The number of morpholine rings is 1. The highest BCUT2D eigenvalue weighted by Crippen LogP contribution is 2.13. The van der Waals surface area contributed by atoms with Crippen molar-refractivity contribution in [1.29, 1.82) is 0 Å². The first-order valence-electron chi connectivity index (χ1n) is 7.32. The molecule has 1 aliphatic rings. The zero-order valence-electron chi connectivity index (χ0n) is 12.0. The van der Waals surface area contributed by atoms with Crippen LogP contribution < -0.4 is 5.32 Å². The third-order valence-corrected chi connectivity index (χ3v) is 3.57. The number of unbranched alkanes of at least 4 members (excludes halogenated alkanes) is 1. The Bertz CT molecular complexity index is 249. The van der Waals surface area contributed by atoms with E-state index in [1.165, 1.54) is 0 Å². The van der Waals surface area contributed by atoms with Gasteiger partial charge in [0.1, 0.15) is 0 Å². The lowest BCUT2D eigenvalue weighted by Gasteiger charge is -2.37. The molecule has 3 nitrogen and oxygen atoms in total. The lowest BCUT2D eigenvalue weighted by molar-refractivity contribution is -0.0463. The molecule has 1 aliphatic heterocycles. The highest BCUT2D eigenvalue weighted by Gasteiger charge is 2.26. The Hall–Kier alpha value is -0.560. The lowest BCUT2D eigenvalue weighted by Crippen LogP contribution is -2.52. The van der Waals surface area contributed by atoms with Crippen molar-refractivity contribution in [3.05, 3.63) is 0 Å². The van der Waals surface area contributed by atoms with E-state index < -0.39 is 0 Å². The van der Waals surface area contributed by atoms with Crippen molar-refractivity contribution in [2.45, 2.75) is 51.7 Å². The fraction of sp³-hybridized carbons (Fsp3) is 0.867. The van der Waals surface area contributed by atoms with Crippen molar-refractivity contribution in [1.82, 2.24) is 10.2 Å². The molecular formula is C15H28N2O. The summed E-state index contributed by atoms with van der Waals surface area (Å²) < 4.78 is 5.94. The molecule has 0 spiro atoms. The maximum Gasteiger partial charge on any atom is 0.0855 e. The molecule has 2 atom stereocenters. The Morgan fingerprint density at radius 3 is 3.00 bits per heavy atom. The molecule has 0 amide bonds. The SMILES string of the molecule is C#CCCCC(NCCC)C1CN(CC)CCO1. The summed E-state index contributed by atoms with van der Waals surface area (Å²) in [5.74, 6) is 2.72. The summed E-state index contributed by atoms with van der Waals surface area (Å²) in [5, 5.41) is 3.62. The van der Waals surface area contributed by atoms with Gasteiger partial charge in [0.2, 0.25) is 0 Å². The molecule has 0 bridgehead atoms. The molecule has 0 aromatic rings. The van der Waals surface area contributed by atoms with Gasteiger partial charge >= 0.3 is 0 Å².